The summed E-state index contributed by atoms with van der Waals surface area (Å²) in [6, 6.07) is 5.43. The van der Waals surface area contributed by atoms with Gasteiger partial charge >= 0.3 is 0 Å². The monoisotopic (exact) mass is 329 g/mol. The maximum Gasteiger partial charge on any atom is 0.238 e. The van der Waals surface area contributed by atoms with Crippen molar-refractivity contribution in [2.45, 2.75) is 25.8 Å². The van der Waals surface area contributed by atoms with E-state index in [-0.39, 0.29) is 11.9 Å². The molecule has 1 saturated heterocycles. The lowest BCUT2D eigenvalue weighted by atomic mass is 9.91. The number of carbonyl (C=O) groups excluding carboxylic acids is 1. The number of nitrogens with two attached hydrogens (primary N) is 1. The Morgan fingerprint density at radius 2 is 2.10 bits per heavy atom. The summed E-state index contributed by atoms with van der Waals surface area (Å²) in [6.45, 7) is 4.23. The largest absolute Gasteiger partial charge is 0.328 e. The highest BCUT2D eigenvalue weighted by molar-refractivity contribution is 6.43. The molecule has 116 valence electrons. The van der Waals surface area contributed by atoms with Crippen LogP contribution in [0.15, 0.2) is 18.2 Å². The molecule has 1 unspecified atom stereocenters. The molecule has 0 spiro atoms. The van der Waals surface area contributed by atoms with Crippen molar-refractivity contribution in [3.05, 3.63) is 28.2 Å². The molecule has 0 saturated carbocycles. The predicted molar refractivity (Wildman–Crippen MR) is 87.9 cm³/mol. The highest BCUT2D eigenvalue weighted by atomic mass is 35.5. The molecular weight excluding hydrogens is 309 g/mol. The van der Waals surface area contributed by atoms with Crippen LogP contribution >= 0.6 is 23.2 Å². The predicted octanol–water partition coefficient (Wildman–Crippen LogP) is 2.99. The number of nitrogens with one attached hydrogen (secondary N) is 1. The van der Waals surface area contributed by atoms with Crippen LogP contribution in [0, 0.1) is 5.92 Å². The van der Waals surface area contributed by atoms with Crippen LogP contribution in [0.4, 0.5) is 5.69 Å². The average molecular weight is 330 g/mol. The Morgan fingerprint density at radius 1 is 1.43 bits per heavy atom. The minimum Gasteiger partial charge on any atom is -0.328 e. The zero-order valence-corrected chi connectivity index (χ0v) is 13.6. The molecule has 0 aromatic heterocycles. The highest BCUT2D eigenvalue weighted by Gasteiger charge is 2.23. The van der Waals surface area contributed by atoms with Crippen LogP contribution in [0.1, 0.15) is 19.8 Å². The van der Waals surface area contributed by atoms with Crippen LogP contribution < -0.4 is 11.1 Å². The molecule has 21 heavy (non-hydrogen) atoms. The van der Waals surface area contributed by atoms with E-state index in [9.17, 15) is 4.79 Å². The Hall–Kier alpha value is -0.810. The standard InChI is InChI=1S/C15H21Cl2N3O/c1-10(18)11-5-7-20(8-6-11)9-14(21)19-13-4-2-3-12(16)15(13)17/h2-4,10-11H,5-9,18H2,1H3,(H,19,21). The Labute approximate surface area is 135 Å². The number of nitrogens with zero attached hydrogens (tertiary/aromatic N) is 1. The van der Waals surface area contributed by atoms with Gasteiger partial charge in [-0.05, 0) is 50.9 Å². The van der Waals surface area contributed by atoms with Crippen molar-refractivity contribution in [1.82, 2.24) is 4.90 Å². The van der Waals surface area contributed by atoms with Gasteiger partial charge in [0.25, 0.3) is 0 Å². The van der Waals surface area contributed by atoms with E-state index in [1.807, 2.05) is 6.92 Å². The fourth-order valence-electron chi connectivity index (χ4n) is 2.63. The third-order valence-electron chi connectivity index (χ3n) is 3.97. The van der Waals surface area contributed by atoms with Gasteiger partial charge in [0, 0.05) is 6.04 Å². The molecule has 1 aromatic carbocycles. The molecule has 3 N–H and O–H groups in total. The minimum absolute atomic E-state index is 0.0709. The van der Waals surface area contributed by atoms with Gasteiger partial charge in [0.2, 0.25) is 5.91 Å². The smallest absolute Gasteiger partial charge is 0.238 e. The normalized spacial score (nSPS) is 18.5. The highest BCUT2D eigenvalue weighted by Crippen LogP contribution is 2.29. The molecule has 6 heteroatoms. The van der Waals surface area contributed by atoms with Crippen molar-refractivity contribution in [1.29, 1.82) is 0 Å². The van der Waals surface area contributed by atoms with Crippen LogP contribution in [0.5, 0.6) is 0 Å². The van der Waals surface area contributed by atoms with Crippen molar-refractivity contribution >= 4 is 34.8 Å². The van der Waals surface area contributed by atoms with Gasteiger partial charge in [0.15, 0.2) is 0 Å². The van der Waals surface area contributed by atoms with Crippen molar-refractivity contribution in [2.75, 3.05) is 25.0 Å². The third kappa shape index (κ3) is 4.58. The van der Waals surface area contributed by atoms with Gasteiger partial charge in [-0.1, -0.05) is 29.3 Å². The van der Waals surface area contributed by atoms with Crippen LogP contribution in [0.2, 0.25) is 10.0 Å². The molecule has 1 atom stereocenters. The number of likely N-dealkylation sites (tertiary alicyclic amines) is 1. The van der Waals surface area contributed by atoms with E-state index in [0.717, 1.165) is 25.9 Å². The summed E-state index contributed by atoms with van der Waals surface area (Å²) in [4.78, 5) is 14.2. The Kier molecular flexibility index (Phi) is 5.88. The van der Waals surface area contributed by atoms with Gasteiger partial charge in [-0.15, -0.1) is 0 Å². The van der Waals surface area contributed by atoms with Crippen molar-refractivity contribution in [2.24, 2.45) is 11.7 Å². The van der Waals surface area contributed by atoms with Crippen molar-refractivity contribution in [3.8, 4) is 0 Å². The van der Waals surface area contributed by atoms with Crippen molar-refractivity contribution < 1.29 is 4.79 Å². The van der Waals surface area contributed by atoms with E-state index in [2.05, 4.69) is 10.2 Å². The summed E-state index contributed by atoms with van der Waals surface area (Å²) in [5, 5.41) is 3.63. The number of hydrogen-bond acceptors (Lipinski definition) is 3. The minimum atomic E-state index is -0.0709. The summed E-state index contributed by atoms with van der Waals surface area (Å²) in [5.74, 6) is 0.491. The van der Waals surface area contributed by atoms with E-state index < -0.39 is 0 Å². The first-order chi connectivity index (χ1) is 9.97. The van der Waals surface area contributed by atoms with E-state index in [0.29, 0.717) is 28.2 Å². The summed E-state index contributed by atoms with van der Waals surface area (Å²) in [5.41, 5.74) is 6.48. The van der Waals surface area contributed by atoms with Crippen LogP contribution in [-0.4, -0.2) is 36.5 Å². The maximum atomic E-state index is 12.1. The van der Waals surface area contributed by atoms with Gasteiger partial charge in [-0.2, -0.15) is 0 Å². The summed E-state index contributed by atoms with van der Waals surface area (Å²) >= 11 is 12.0. The first-order valence-electron chi connectivity index (χ1n) is 7.19. The Morgan fingerprint density at radius 3 is 2.71 bits per heavy atom. The quantitative estimate of drug-likeness (QED) is 0.892. The van der Waals surface area contributed by atoms with E-state index in [1.54, 1.807) is 18.2 Å². The van der Waals surface area contributed by atoms with Crippen LogP contribution in [0.3, 0.4) is 0 Å². The second kappa shape index (κ2) is 7.45. The third-order valence-corrected chi connectivity index (χ3v) is 4.79. The summed E-state index contributed by atoms with van der Waals surface area (Å²) in [6.07, 6.45) is 2.09. The number of anilines is 1. The fourth-order valence-corrected chi connectivity index (χ4v) is 2.98. The number of rotatable bonds is 4. The van der Waals surface area contributed by atoms with E-state index >= 15 is 0 Å². The van der Waals surface area contributed by atoms with Gasteiger partial charge in [-0.25, -0.2) is 0 Å². The summed E-state index contributed by atoms with van der Waals surface area (Å²) < 4.78 is 0. The van der Waals surface area contributed by atoms with Gasteiger partial charge in [0.1, 0.15) is 0 Å². The number of benzene rings is 1. The molecular formula is C15H21Cl2N3O. The van der Waals surface area contributed by atoms with Crippen LogP contribution in [-0.2, 0) is 4.79 Å². The Bertz CT molecular complexity index is 500. The molecule has 0 aliphatic carbocycles. The molecule has 0 radical (unpaired) electrons. The average Bonchev–Trinajstić information content (AvgIpc) is 2.44. The molecule has 4 nitrogen and oxygen atoms in total. The zero-order valence-electron chi connectivity index (χ0n) is 12.1. The number of hydrogen-bond donors (Lipinski definition) is 2. The SMILES string of the molecule is CC(N)C1CCN(CC(=O)Nc2cccc(Cl)c2Cl)CC1. The molecule has 1 fully saturated rings. The topological polar surface area (TPSA) is 58.4 Å². The second-order valence-electron chi connectivity index (χ2n) is 5.62. The lowest BCUT2D eigenvalue weighted by molar-refractivity contribution is -0.117. The van der Waals surface area contributed by atoms with Gasteiger partial charge < -0.3 is 11.1 Å². The fraction of sp³-hybridized carbons (Fsp3) is 0.533. The first kappa shape index (κ1) is 16.6. The second-order valence-corrected chi connectivity index (χ2v) is 6.41. The molecule has 1 heterocycles. The number of carbonyl (C=O) groups is 1. The molecule has 0 bridgehead atoms. The van der Waals surface area contributed by atoms with Gasteiger partial charge in [-0.3, -0.25) is 9.69 Å². The first-order valence-corrected chi connectivity index (χ1v) is 7.94. The molecule has 1 amide bonds. The zero-order chi connectivity index (χ0) is 15.4. The Balaban J connectivity index is 1.84. The van der Waals surface area contributed by atoms with E-state index in [1.165, 1.54) is 0 Å². The summed E-state index contributed by atoms with van der Waals surface area (Å²) in [7, 11) is 0. The molecule has 1 aliphatic rings. The lowest BCUT2D eigenvalue weighted by Gasteiger charge is -2.33. The molecule has 2 rings (SSSR count). The van der Waals surface area contributed by atoms with Crippen LogP contribution in [0.25, 0.3) is 0 Å². The molecule has 1 aromatic rings. The lowest BCUT2D eigenvalue weighted by Crippen LogP contribution is -2.42. The maximum absolute atomic E-state index is 12.1. The number of piperidine rings is 1. The van der Waals surface area contributed by atoms with Crippen molar-refractivity contribution in [3.63, 3.8) is 0 Å². The van der Waals surface area contributed by atoms with Gasteiger partial charge in [0.05, 0.1) is 22.3 Å². The number of amides is 1. The number of halogens is 2. The van der Waals surface area contributed by atoms with E-state index in [4.69, 9.17) is 28.9 Å². The molecule has 1 aliphatic heterocycles.